The lowest BCUT2D eigenvalue weighted by atomic mass is 9.81. The predicted molar refractivity (Wildman–Crippen MR) is 107 cm³/mol. The summed E-state index contributed by atoms with van der Waals surface area (Å²) >= 11 is 0. The zero-order valence-electron chi connectivity index (χ0n) is 17.5. The van der Waals surface area contributed by atoms with Crippen LogP contribution in [0.5, 0.6) is 0 Å². The van der Waals surface area contributed by atoms with Crippen molar-refractivity contribution in [3.8, 4) is 0 Å². The van der Waals surface area contributed by atoms with Gasteiger partial charge in [0.1, 0.15) is 6.04 Å². The molecule has 5 heterocycles. The molecule has 4 aromatic rings. The summed E-state index contributed by atoms with van der Waals surface area (Å²) in [5.41, 5.74) is 1.69. The minimum absolute atomic E-state index is 0.00222. The Morgan fingerprint density at radius 2 is 2.09 bits per heavy atom. The molecule has 1 aliphatic carbocycles. The van der Waals surface area contributed by atoms with Gasteiger partial charge in [0.05, 0.1) is 23.2 Å². The van der Waals surface area contributed by atoms with Crippen LogP contribution >= 0.6 is 0 Å². The highest BCUT2D eigenvalue weighted by Gasteiger charge is 2.49. The lowest BCUT2D eigenvalue weighted by Crippen LogP contribution is -2.41. The molecule has 34 heavy (non-hydrogen) atoms. The summed E-state index contributed by atoms with van der Waals surface area (Å²) in [5, 5.41) is 12.0. The number of alkyl halides is 4. The highest BCUT2D eigenvalue weighted by molar-refractivity contribution is 5.90. The van der Waals surface area contributed by atoms with E-state index in [0.717, 1.165) is 5.69 Å². The van der Waals surface area contributed by atoms with Crippen LogP contribution in [0.25, 0.3) is 5.52 Å². The van der Waals surface area contributed by atoms with Crippen LogP contribution in [0.15, 0.2) is 35.1 Å². The first-order valence-corrected chi connectivity index (χ1v) is 10.6. The number of fused-ring (bicyclic) bond motifs is 2. The van der Waals surface area contributed by atoms with Gasteiger partial charge in [-0.25, -0.2) is 27.1 Å². The number of hydrogen-bond acceptors (Lipinski definition) is 6. The Labute approximate surface area is 188 Å². The molecule has 0 bridgehead atoms. The number of carbonyl (C=O) groups is 1. The van der Waals surface area contributed by atoms with Gasteiger partial charge in [0, 0.05) is 49.2 Å². The van der Waals surface area contributed by atoms with E-state index in [0.29, 0.717) is 17.8 Å². The minimum atomic E-state index is -2.77. The second-order valence-corrected chi connectivity index (χ2v) is 8.49. The summed E-state index contributed by atoms with van der Waals surface area (Å²) in [5.74, 6) is -4.30. The second-order valence-electron chi connectivity index (χ2n) is 8.49. The topological polar surface area (TPSA) is 105 Å². The molecule has 4 aromatic heterocycles. The van der Waals surface area contributed by atoms with Gasteiger partial charge in [0.2, 0.25) is 11.8 Å². The van der Waals surface area contributed by atoms with Gasteiger partial charge in [-0.3, -0.25) is 4.79 Å². The fourth-order valence-electron chi connectivity index (χ4n) is 4.61. The Morgan fingerprint density at radius 1 is 1.26 bits per heavy atom. The molecule has 1 atom stereocenters. The quantitative estimate of drug-likeness (QED) is 0.452. The SMILES string of the molecule is O=C(c1nnc(C2CC(F)(F)C2)o1)N1CCc2[nH]cnc2C1c1cc2c(C(F)F)cccn2n1. The maximum Gasteiger partial charge on any atom is 0.312 e. The first-order valence-electron chi connectivity index (χ1n) is 10.6. The van der Waals surface area contributed by atoms with Crippen molar-refractivity contribution in [1.29, 1.82) is 0 Å². The van der Waals surface area contributed by atoms with Crippen LogP contribution < -0.4 is 0 Å². The monoisotopic (exact) mass is 475 g/mol. The third-order valence-corrected chi connectivity index (χ3v) is 6.32. The van der Waals surface area contributed by atoms with Crippen molar-refractivity contribution in [2.45, 2.75) is 43.6 Å². The number of nitrogens with one attached hydrogen (secondary N) is 1. The lowest BCUT2D eigenvalue weighted by Gasteiger charge is -2.33. The van der Waals surface area contributed by atoms with E-state index in [2.05, 4.69) is 25.3 Å². The summed E-state index contributed by atoms with van der Waals surface area (Å²) in [6.07, 6.45) is -0.00604. The van der Waals surface area contributed by atoms with Crippen LogP contribution in [0.3, 0.4) is 0 Å². The fraction of sp³-hybridized carbons (Fsp3) is 0.381. The predicted octanol–water partition coefficient (Wildman–Crippen LogP) is 3.68. The Hall–Kier alpha value is -3.77. The Bertz CT molecular complexity index is 1390. The molecule has 0 radical (unpaired) electrons. The smallest absolute Gasteiger partial charge is 0.312 e. The molecule has 1 aliphatic heterocycles. The van der Waals surface area contributed by atoms with Crippen molar-refractivity contribution in [3.63, 3.8) is 0 Å². The molecule has 1 unspecified atom stereocenters. The molecule has 6 rings (SSSR count). The van der Waals surface area contributed by atoms with E-state index in [1.165, 1.54) is 33.9 Å². The number of halogens is 4. The third kappa shape index (κ3) is 3.25. The van der Waals surface area contributed by atoms with E-state index in [1.807, 2.05) is 0 Å². The summed E-state index contributed by atoms with van der Waals surface area (Å²) in [6, 6.07) is 3.50. The summed E-state index contributed by atoms with van der Waals surface area (Å²) in [7, 11) is 0. The summed E-state index contributed by atoms with van der Waals surface area (Å²) < 4.78 is 60.3. The summed E-state index contributed by atoms with van der Waals surface area (Å²) in [4.78, 5) is 22.2. The number of aromatic amines is 1. The molecule has 1 N–H and O–H groups in total. The Kier molecular flexibility index (Phi) is 4.51. The normalized spacial score (nSPS) is 20.0. The molecule has 13 heteroatoms. The van der Waals surface area contributed by atoms with E-state index < -0.39 is 43.1 Å². The molecule has 0 spiro atoms. The standard InChI is InChI=1S/C21H17F4N7O2/c22-17(23)11-2-1-4-32-14(11)6-13(30-32)16-15-12(26-9-27-15)3-5-31(16)20(33)19-29-28-18(34-19)10-7-21(24,25)8-10/h1-2,4,6,9-10,16-17H,3,5,7-8H2,(H,26,27). The number of hydrogen-bond donors (Lipinski definition) is 1. The van der Waals surface area contributed by atoms with Crippen LogP contribution in [-0.4, -0.2) is 53.1 Å². The van der Waals surface area contributed by atoms with Crippen molar-refractivity contribution in [2.75, 3.05) is 6.54 Å². The van der Waals surface area contributed by atoms with Crippen molar-refractivity contribution >= 4 is 11.4 Å². The second kappa shape index (κ2) is 7.37. The number of amides is 1. The number of nitrogens with zero attached hydrogens (tertiary/aromatic N) is 6. The fourth-order valence-corrected chi connectivity index (χ4v) is 4.61. The maximum absolute atomic E-state index is 13.5. The summed E-state index contributed by atoms with van der Waals surface area (Å²) in [6.45, 7) is 0.244. The molecule has 1 fully saturated rings. The molecule has 1 saturated carbocycles. The number of pyridine rings is 1. The van der Waals surface area contributed by atoms with Gasteiger partial charge >= 0.3 is 11.8 Å². The van der Waals surface area contributed by atoms with Gasteiger partial charge in [-0.1, -0.05) is 0 Å². The van der Waals surface area contributed by atoms with Crippen LogP contribution in [-0.2, 0) is 6.42 Å². The van der Waals surface area contributed by atoms with Crippen LogP contribution in [0.2, 0.25) is 0 Å². The number of carbonyl (C=O) groups excluding carboxylic acids is 1. The first-order chi connectivity index (χ1) is 16.3. The van der Waals surface area contributed by atoms with E-state index in [4.69, 9.17) is 4.42 Å². The Balaban J connectivity index is 1.37. The molecule has 176 valence electrons. The van der Waals surface area contributed by atoms with Gasteiger partial charge in [-0.15, -0.1) is 10.2 Å². The van der Waals surface area contributed by atoms with Crippen molar-refractivity contribution < 1.29 is 26.8 Å². The third-order valence-electron chi connectivity index (χ3n) is 6.32. The van der Waals surface area contributed by atoms with Gasteiger partial charge in [-0.2, -0.15) is 5.10 Å². The highest BCUT2D eigenvalue weighted by Crippen LogP contribution is 2.47. The van der Waals surface area contributed by atoms with Gasteiger partial charge < -0.3 is 14.3 Å². The highest BCUT2D eigenvalue weighted by atomic mass is 19.3. The van der Waals surface area contributed by atoms with Crippen LogP contribution in [0.4, 0.5) is 17.6 Å². The minimum Gasteiger partial charge on any atom is -0.417 e. The van der Waals surface area contributed by atoms with E-state index in [-0.39, 0.29) is 29.4 Å². The van der Waals surface area contributed by atoms with Crippen molar-refractivity contribution in [2.24, 2.45) is 0 Å². The first kappa shape index (κ1) is 20.8. The average molecular weight is 475 g/mol. The largest absolute Gasteiger partial charge is 0.417 e. The van der Waals surface area contributed by atoms with Gasteiger partial charge in [-0.05, 0) is 18.2 Å². The molecule has 0 aromatic carbocycles. The van der Waals surface area contributed by atoms with E-state index >= 15 is 0 Å². The van der Waals surface area contributed by atoms with Crippen molar-refractivity contribution in [3.05, 3.63) is 65.1 Å². The number of H-pyrrole nitrogens is 1. The maximum atomic E-state index is 13.5. The molecular formula is C21H17F4N7O2. The average Bonchev–Trinajstić information content (AvgIpc) is 3.54. The zero-order chi connectivity index (χ0) is 23.6. The molecule has 1 amide bonds. The molecule has 9 nitrogen and oxygen atoms in total. The van der Waals surface area contributed by atoms with Crippen LogP contribution in [0, 0.1) is 0 Å². The number of imidazole rings is 1. The zero-order valence-corrected chi connectivity index (χ0v) is 17.5. The van der Waals surface area contributed by atoms with E-state index in [1.54, 1.807) is 6.20 Å². The molecule has 2 aliphatic rings. The van der Waals surface area contributed by atoms with Crippen LogP contribution in [0.1, 0.15) is 70.4 Å². The lowest BCUT2D eigenvalue weighted by molar-refractivity contribution is -0.0919. The molecular weight excluding hydrogens is 458 g/mol. The van der Waals surface area contributed by atoms with Gasteiger partial charge in [0.15, 0.2) is 0 Å². The number of rotatable bonds is 4. The van der Waals surface area contributed by atoms with E-state index in [9.17, 15) is 22.4 Å². The molecule has 0 saturated heterocycles. The number of aromatic nitrogens is 6. The Morgan fingerprint density at radius 3 is 2.85 bits per heavy atom. The van der Waals surface area contributed by atoms with Gasteiger partial charge in [0.25, 0.3) is 6.43 Å². The van der Waals surface area contributed by atoms with Crippen molar-refractivity contribution in [1.82, 2.24) is 34.7 Å².